The summed E-state index contributed by atoms with van der Waals surface area (Å²) in [7, 11) is -1.46. The fourth-order valence-corrected chi connectivity index (χ4v) is 2.46. The van der Waals surface area contributed by atoms with Crippen molar-refractivity contribution in [3.63, 3.8) is 0 Å². The summed E-state index contributed by atoms with van der Waals surface area (Å²) in [5, 5.41) is 2.04. The zero-order chi connectivity index (χ0) is 18.3. The molecule has 1 rings (SSSR count). The summed E-state index contributed by atoms with van der Waals surface area (Å²) < 4.78 is 81.2. The highest BCUT2D eigenvalue weighted by Crippen LogP contribution is 2.22. The molecule has 0 saturated heterocycles. The molecule has 0 atom stereocenters. The van der Waals surface area contributed by atoms with Gasteiger partial charge in [-0.1, -0.05) is 0 Å². The fourth-order valence-electron chi connectivity index (χ4n) is 1.63. The minimum atomic E-state index is -2.32. The van der Waals surface area contributed by atoms with Gasteiger partial charge in [-0.05, 0) is 13.8 Å². The first-order valence-electron chi connectivity index (χ1n) is 6.99. The number of hydrogen-bond acceptors (Lipinski definition) is 4. The number of hydrogen-bond donors (Lipinski definition) is 1. The molecule has 1 N–H and O–H groups in total. The molecule has 0 aliphatic heterocycles. The van der Waals surface area contributed by atoms with Crippen molar-refractivity contribution >= 4 is 15.7 Å². The lowest BCUT2D eigenvalue weighted by Crippen LogP contribution is -2.33. The van der Waals surface area contributed by atoms with Gasteiger partial charge in [0.2, 0.25) is 5.82 Å². The summed E-state index contributed by atoms with van der Waals surface area (Å²) in [4.78, 5) is 11.7. The number of rotatable bonds is 9. The highest BCUT2D eigenvalue weighted by atomic mass is 28.2. The first-order chi connectivity index (χ1) is 11.3. The molecule has 0 bridgehead atoms. The maximum absolute atomic E-state index is 13.4. The molecular weight excluding hydrogens is 357 g/mol. The predicted octanol–water partition coefficient (Wildman–Crippen LogP) is 1.53. The third kappa shape index (κ3) is 4.96. The van der Waals surface area contributed by atoms with E-state index in [0.717, 1.165) is 0 Å². The van der Waals surface area contributed by atoms with E-state index in [1.165, 1.54) is 0 Å². The van der Waals surface area contributed by atoms with E-state index >= 15 is 0 Å². The molecule has 0 unspecified atom stereocenters. The van der Waals surface area contributed by atoms with E-state index in [4.69, 9.17) is 13.9 Å². The van der Waals surface area contributed by atoms with Crippen LogP contribution in [0.2, 0.25) is 0 Å². The van der Waals surface area contributed by atoms with E-state index in [0.29, 0.717) is 13.2 Å². The van der Waals surface area contributed by atoms with Gasteiger partial charge in [0.15, 0.2) is 33.0 Å². The van der Waals surface area contributed by atoms with Crippen LogP contribution in [0, 0.1) is 29.1 Å². The third-order valence-electron chi connectivity index (χ3n) is 2.68. The Hall–Kier alpha value is -1.56. The van der Waals surface area contributed by atoms with Gasteiger partial charge in [0.1, 0.15) is 5.56 Å². The van der Waals surface area contributed by atoms with Gasteiger partial charge < -0.3 is 19.2 Å². The molecule has 0 aromatic heterocycles. The molecule has 0 fully saturated rings. The van der Waals surface area contributed by atoms with Crippen molar-refractivity contribution in [3.05, 3.63) is 34.6 Å². The molecule has 11 heteroatoms. The summed E-state index contributed by atoms with van der Waals surface area (Å²) in [6, 6.07) is 0. The lowest BCUT2D eigenvalue weighted by Gasteiger charge is -2.17. The van der Waals surface area contributed by atoms with Crippen LogP contribution >= 0.6 is 0 Å². The average molecular weight is 373 g/mol. The smallest absolute Gasteiger partial charge is 0.261 e. The normalized spacial score (nSPS) is 11.7. The molecule has 1 aromatic rings. The summed E-state index contributed by atoms with van der Waals surface area (Å²) in [5.41, 5.74) is -1.54. The van der Waals surface area contributed by atoms with Crippen molar-refractivity contribution in [2.75, 3.05) is 19.4 Å². The Morgan fingerprint density at radius 2 is 1.42 bits per heavy atom. The first kappa shape index (κ1) is 20.5. The van der Waals surface area contributed by atoms with Gasteiger partial charge in [-0.3, -0.25) is 4.79 Å². The Morgan fingerprint density at radius 1 is 0.958 bits per heavy atom. The second-order valence-electron chi connectivity index (χ2n) is 4.27. The minimum absolute atomic E-state index is 0.130. The molecule has 0 spiro atoms. The van der Waals surface area contributed by atoms with E-state index in [-0.39, 0.29) is 6.17 Å². The van der Waals surface area contributed by atoms with E-state index in [1.807, 2.05) is 5.32 Å². The highest BCUT2D eigenvalue weighted by molar-refractivity contribution is 6.28. The monoisotopic (exact) mass is 373 g/mol. The van der Waals surface area contributed by atoms with Crippen LogP contribution in [-0.4, -0.2) is 41.5 Å². The van der Waals surface area contributed by atoms with Crippen LogP contribution in [-0.2, 0) is 13.9 Å². The predicted molar refractivity (Wildman–Crippen MR) is 75.2 cm³/mol. The van der Waals surface area contributed by atoms with Crippen molar-refractivity contribution in [1.29, 1.82) is 0 Å². The fraction of sp³-hybridized carbons (Fsp3) is 0.462. The summed E-state index contributed by atoms with van der Waals surface area (Å²) in [6.07, 6.45) is -0.130. The van der Waals surface area contributed by atoms with E-state index in [9.17, 15) is 26.7 Å². The number of halogens is 5. The van der Waals surface area contributed by atoms with Crippen LogP contribution in [0.4, 0.5) is 22.0 Å². The number of ether oxygens (including phenoxy) is 2. The number of benzene rings is 1. The largest absolute Gasteiger partial charge is 0.377 e. The average Bonchev–Trinajstić information content (AvgIpc) is 2.55. The highest BCUT2D eigenvalue weighted by Gasteiger charge is 2.29. The Morgan fingerprint density at radius 3 is 1.88 bits per heavy atom. The van der Waals surface area contributed by atoms with Crippen LogP contribution in [0.1, 0.15) is 24.2 Å². The third-order valence-corrected chi connectivity index (χ3v) is 3.65. The van der Waals surface area contributed by atoms with E-state index in [1.54, 1.807) is 13.8 Å². The molecule has 5 nitrogen and oxygen atoms in total. The lowest BCUT2D eigenvalue weighted by atomic mass is 10.1. The molecule has 136 valence electrons. The Balaban J connectivity index is 2.67. The zero-order valence-electron chi connectivity index (χ0n) is 12.9. The summed E-state index contributed by atoms with van der Waals surface area (Å²) in [6.45, 7) is 3.12. The zero-order valence-corrected chi connectivity index (χ0v) is 14.3. The topological polar surface area (TPSA) is 56.8 Å². The second kappa shape index (κ2) is 9.66. The van der Waals surface area contributed by atoms with Crippen LogP contribution in [0.5, 0.6) is 0 Å². The number of carbonyl (C=O) groups excluding carboxylic acids is 1. The van der Waals surface area contributed by atoms with Crippen molar-refractivity contribution in [2.24, 2.45) is 0 Å². The van der Waals surface area contributed by atoms with Crippen LogP contribution in [0.3, 0.4) is 0 Å². The first-order valence-corrected chi connectivity index (χ1v) is 8.57. The van der Waals surface area contributed by atoms with Gasteiger partial charge in [-0.25, -0.2) is 22.0 Å². The quantitative estimate of drug-likeness (QED) is 0.178. The standard InChI is InChI=1S/C13H16F5NO4Si/c1-3-21-13(22-4-2)23-24-5-19-12(20)6-7(14)9(16)11(18)10(17)8(6)15/h13H,3-5,24H2,1-2H3,(H,19,20). The van der Waals surface area contributed by atoms with Gasteiger partial charge in [0, 0.05) is 19.4 Å². The summed E-state index contributed by atoms with van der Waals surface area (Å²) in [5.74, 6) is -12.5. The maximum Gasteiger partial charge on any atom is 0.261 e. The molecule has 0 aliphatic carbocycles. The number of nitrogens with one attached hydrogen (secondary N) is 1. The molecule has 0 radical (unpaired) electrons. The van der Waals surface area contributed by atoms with Crippen molar-refractivity contribution in [2.45, 2.75) is 20.3 Å². The van der Waals surface area contributed by atoms with E-state index in [2.05, 4.69) is 0 Å². The van der Waals surface area contributed by atoms with Crippen molar-refractivity contribution < 1.29 is 40.6 Å². The lowest BCUT2D eigenvalue weighted by molar-refractivity contribution is -0.243. The Kier molecular flexibility index (Phi) is 8.25. The number of amides is 1. The molecule has 24 heavy (non-hydrogen) atoms. The van der Waals surface area contributed by atoms with Crippen LogP contribution in [0.25, 0.3) is 0 Å². The van der Waals surface area contributed by atoms with Gasteiger partial charge in [0.25, 0.3) is 12.4 Å². The molecule has 1 aromatic carbocycles. The Bertz CT molecular complexity index is 555. The summed E-state index contributed by atoms with van der Waals surface area (Å²) >= 11 is 0. The van der Waals surface area contributed by atoms with Gasteiger partial charge in [-0.2, -0.15) is 0 Å². The molecule has 0 heterocycles. The van der Waals surface area contributed by atoms with Crippen molar-refractivity contribution in [3.8, 4) is 0 Å². The van der Waals surface area contributed by atoms with Gasteiger partial charge in [-0.15, -0.1) is 0 Å². The molecule has 0 aliphatic rings. The van der Waals surface area contributed by atoms with Gasteiger partial charge in [0.05, 0.1) is 0 Å². The SMILES string of the molecule is CCOC(OCC)O[SiH2]CNC(=O)c1c(F)c(F)c(F)c(F)c1F. The number of carbonyl (C=O) groups is 1. The van der Waals surface area contributed by atoms with Crippen LogP contribution in [0.15, 0.2) is 0 Å². The van der Waals surface area contributed by atoms with Crippen molar-refractivity contribution in [1.82, 2.24) is 5.32 Å². The van der Waals surface area contributed by atoms with Gasteiger partial charge >= 0.3 is 0 Å². The van der Waals surface area contributed by atoms with E-state index < -0.39 is 56.8 Å². The molecular formula is C13H16F5NO4Si. The molecule has 1 amide bonds. The second-order valence-corrected chi connectivity index (χ2v) is 5.51. The van der Waals surface area contributed by atoms with Crippen LogP contribution < -0.4 is 5.32 Å². The Labute approximate surface area is 137 Å². The minimum Gasteiger partial charge on any atom is -0.377 e. The maximum atomic E-state index is 13.4. The molecule has 0 saturated carbocycles.